The van der Waals surface area contributed by atoms with Crippen molar-refractivity contribution in [3.63, 3.8) is 0 Å². The van der Waals surface area contributed by atoms with Crippen LogP contribution in [0.15, 0.2) is 155 Å². The van der Waals surface area contributed by atoms with Gasteiger partial charge >= 0.3 is 0 Å². The summed E-state index contributed by atoms with van der Waals surface area (Å²) in [5.74, 6) is 2.18. The van der Waals surface area contributed by atoms with Gasteiger partial charge in [0.15, 0.2) is 0 Å². The zero-order valence-electron chi connectivity index (χ0n) is 26.4. The van der Waals surface area contributed by atoms with Gasteiger partial charge < -0.3 is 13.7 Å². The van der Waals surface area contributed by atoms with Crippen molar-refractivity contribution in [3.8, 4) is 39.7 Å². The molecule has 0 N–H and O–H groups in total. The topological polar surface area (TPSA) is 86.0 Å². The molecule has 5 aromatic heterocycles. The van der Waals surface area contributed by atoms with E-state index in [1.54, 1.807) is 24.9 Å². The lowest BCUT2D eigenvalue weighted by atomic mass is 9.80. The van der Waals surface area contributed by atoms with Crippen LogP contribution in [0.5, 0.6) is 0 Å². The highest BCUT2D eigenvalue weighted by atomic mass is 16.3. The number of nitrogens with zero attached hydrogens (tertiary/aromatic N) is 6. The molecule has 234 valence electrons. The monoisotopic (exact) mass is 636 g/mol. The van der Waals surface area contributed by atoms with Crippen molar-refractivity contribution in [1.29, 1.82) is 0 Å². The van der Waals surface area contributed by atoms with Crippen LogP contribution < -0.4 is 4.90 Å². The molecule has 0 bridgehead atoms. The Labute approximate surface area is 281 Å². The second-order valence-corrected chi connectivity index (χ2v) is 12.6. The van der Waals surface area contributed by atoms with E-state index >= 15 is 0 Å². The van der Waals surface area contributed by atoms with Gasteiger partial charge in [0.05, 0.1) is 34.6 Å². The molecule has 0 saturated carbocycles. The van der Waals surface area contributed by atoms with E-state index in [0.717, 1.165) is 66.9 Å². The first-order valence-corrected chi connectivity index (χ1v) is 16.2. The highest BCUT2D eigenvalue weighted by molar-refractivity contribution is 6.08. The predicted molar refractivity (Wildman–Crippen MR) is 191 cm³/mol. The second kappa shape index (κ2) is 10.5. The lowest BCUT2D eigenvalue weighted by Gasteiger charge is -2.38. The standard InChI is InChI=1S/C41H28N6O2/c1-41-15-5-4-13-35(41)34-23-29(40-43-17-19-49-40)25-45-38(34)47(41)31-11-7-9-27(21-31)26-8-6-10-30(20-26)46-36-14-3-2-12-32(36)33-22-28(24-44-37(33)46)39-42-16-18-48-39/h2-25,35H,1H3. The van der Waals surface area contributed by atoms with Crippen molar-refractivity contribution in [1.82, 2.24) is 24.5 Å². The largest absolute Gasteiger partial charge is 0.444 e. The summed E-state index contributed by atoms with van der Waals surface area (Å²) in [5, 5.41) is 2.16. The molecule has 3 aromatic carbocycles. The Morgan fingerprint density at radius 1 is 0.653 bits per heavy atom. The van der Waals surface area contributed by atoms with Gasteiger partial charge in [0, 0.05) is 46.0 Å². The average Bonchev–Trinajstić information content (AvgIpc) is 3.96. The number of benzene rings is 3. The Morgan fingerprint density at radius 3 is 2.14 bits per heavy atom. The van der Waals surface area contributed by atoms with Gasteiger partial charge in [0.25, 0.3) is 0 Å². The third-order valence-electron chi connectivity index (χ3n) is 9.82. The summed E-state index contributed by atoms with van der Waals surface area (Å²) < 4.78 is 13.4. The van der Waals surface area contributed by atoms with E-state index in [0.29, 0.717) is 11.8 Å². The van der Waals surface area contributed by atoms with E-state index in [1.807, 2.05) is 12.4 Å². The molecule has 1 aliphatic heterocycles. The molecule has 2 unspecified atom stereocenters. The van der Waals surface area contributed by atoms with E-state index in [1.165, 1.54) is 0 Å². The van der Waals surface area contributed by atoms with E-state index in [4.69, 9.17) is 18.8 Å². The fourth-order valence-corrected chi connectivity index (χ4v) is 7.60. The summed E-state index contributed by atoms with van der Waals surface area (Å²) in [5.41, 5.74) is 8.81. The number of aromatic nitrogens is 5. The molecule has 0 spiro atoms. The van der Waals surface area contributed by atoms with Crippen LogP contribution in [-0.4, -0.2) is 30.0 Å². The minimum absolute atomic E-state index is 0.119. The van der Waals surface area contributed by atoms with E-state index in [-0.39, 0.29) is 11.5 Å². The first-order chi connectivity index (χ1) is 24.2. The SMILES string of the molecule is CC12C=CC=CC1c1cc(-c3ncco3)cnc1N2c1cccc(-c2cccc(-n3c4ccccc4c4cc(-c5ncco5)cnc43)c2)c1. The van der Waals surface area contributed by atoms with Gasteiger partial charge in [0.1, 0.15) is 24.0 Å². The molecule has 0 fully saturated rings. The number of rotatable bonds is 5. The van der Waals surface area contributed by atoms with Crippen molar-refractivity contribution in [2.75, 3.05) is 4.90 Å². The maximum Gasteiger partial charge on any atom is 0.227 e. The number of pyridine rings is 2. The number of para-hydroxylation sites is 1. The number of fused-ring (bicyclic) bond motifs is 6. The first kappa shape index (κ1) is 27.6. The number of hydrogen-bond acceptors (Lipinski definition) is 7. The van der Waals surface area contributed by atoms with Crippen LogP contribution in [0, 0.1) is 0 Å². The predicted octanol–water partition coefficient (Wildman–Crippen LogP) is 9.67. The van der Waals surface area contributed by atoms with Crippen molar-refractivity contribution in [2.45, 2.75) is 18.4 Å². The number of allylic oxidation sites excluding steroid dienone is 2. The van der Waals surface area contributed by atoms with Crippen LogP contribution in [0.25, 0.3) is 61.7 Å². The van der Waals surface area contributed by atoms with Crippen molar-refractivity contribution in [2.24, 2.45) is 0 Å². The van der Waals surface area contributed by atoms with Gasteiger partial charge in [-0.3, -0.25) is 4.57 Å². The maximum atomic E-state index is 5.61. The Hall–Kier alpha value is -6.54. The van der Waals surface area contributed by atoms with Crippen LogP contribution in [0.3, 0.4) is 0 Å². The Balaban J connectivity index is 1.08. The highest BCUT2D eigenvalue weighted by Crippen LogP contribution is 2.54. The highest BCUT2D eigenvalue weighted by Gasteiger charge is 2.48. The Kier molecular flexibility index (Phi) is 5.90. The van der Waals surface area contributed by atoms with Gasteiger partial charge in [0.2, 0.25) is 11.8 Å². The molecule has 0 radical (unpaired) electrons. The van der Waals surface area contributed by atoms with Gasteiger partial charge in [-0.25, -0.2) is 19.9 Å². The summed E-state index contributed by atoms with van der Waals surface area (Å²) in [4.78, 5) is 21.0. The number of hydrogen-bond donors (Lipinski definition) is 0. The molecule has 0 saturated heterocycles. The van der Waals surface area contributed by atoms with E-state index in [2.05, 4.69) is 136 Å². The van der Waals surface area contributed by atoms with E-state index in [9.17, 15) is 0 Å². The van der Waals surface area contributed by atoms with E-state index < -0.39 is 0 Å². The quantitative estimate of drug-likeness (QED) is 0.186. The minimum atomic E-state index is -0.335. The van der Waals surface area contributed by atoms with Gasteiger partial charge in [-0.15, -0.1) is 0 Å². The molecule has 49 heavy (non-hydrogen) atoms. The second-order valence-electron chi connectivity index (χ2n) is 12.6. The first-order valence-electron chi connectivity index (χ1n) is 16.2. The van der Waals surface area contributed by atoms with Gasteiger partial charge in [-0.2, -0.15) is 0 Å². The van der Waals surface area contributed by atoms with Crippen LogP contribution in [0.2, 0.25) is 0 Å². The van der Waals surface area contributed by atoms with Crippen molar-refractivity contribution >= 4 is 33.4 Å². The van der Waals surface area contributed by atoms with Crippen LogP contribution >= 0.6 is 0 Å². The third kappa shape index (κ3) is 4.17. The third-order valence-corrected chi connectivity index (χ3v) is 9.82. The van der Waals surface area contributed by atoms with Crippen LogP contribution in [-0.2, 0) is 0 Å². The van der Waals surface area contributed by atoms with Crippen LogP contribution in [0.4, 0.5) is 11.5 Å². The summed E-state index contributed by atoms with van der Waals surface area (Å²) in [6.07, 6.45) is 19.0. The van der Waals surface area contributed by atoms with Crippen LogP contribution in [0.1, 0.15) is 18.4 Å². The summed E-state index contributed by atoms with van der Waals surface area (Å²) in [6, 6.07) is 30.1. The zero-order chi connectivity index (χ0) is 32.5. The van der Waals surface area contributed by atoms with Gasteiger partial charge in [-0.05, 0) is 60.5 Å². The maximum absolute atomic E-state index is 5.61. The fraction of sp³-hybridized carbons (Fsp3) is 0.0732. The molecular weight excluding hydrogens is 608 g/mol. The summed E-state index contributed by atoms with van der Waals surface area (Å²) in [7, 11) is 0. The lowest BCUT2D eigenvalue weighted by molar-refractivity contribution is 0.541. The van der Waals surface area contributed by atoms with Crippen molar-refractivity contribution in [3.05, 3.63) is 152 Å². The molecule has 1 aliphatic carbocycles. The smallest absolute Gasteiger partial charge is 0.227 e. The summed E-state index contributed by atoms with van der Waals surface area (Å²) in [6.45, 7) is 2.28. The molecule has 6 heterocycles. The molecule has 8 heteroatoms. The zero-order valence-corrected chi connectivity index (χ0v) is 26.4. The summed E-state index contributed by atoms with van der Waals surface area (Å²) >= 11 is 0. The average molecular weight is 637 g/mol. The molecule has 2 atom stereocenters. The fourth-order valence-electron chi connectivity index (χ4n) is 7.60. The molecule has 8 nitrogen and oxygen atoms in total. The number of oxazole rings is 2. The van der Waals surface area contributed by atoms with Gasteiger partial charge in [-0.1, -0.05) is 66.8 Å². The lowest BCUT2D eigenvalue weighted by Crippen LogP contribution is -2.42. The Bertz CT molecular complexity index is 2600. The molecular formula is C41H28N6O2. The molecule has 8 aromatic rings. The van der Waals surface area contributed by atoms with Crippen molar-refractivity contribution < 1.29 is 8.83 Å². The molecule has 10 rings (SSSR count). The minimum Gasteiger partial charge on any atom is -0.444 e. The molecule has 2 aliphatic rings. The number of anilines is 2. The molecule has 0 amide bonds. The Morgan fingerprint density at radius 2 is 1.37 bits per heavy atom. The normalized spacial score (nSPS) is 18.0.